The summed E-state index contributed by atoms with van der Waals surface area (Å²) >= 11 is 1.23. The monoisotopic (exact) mass is 291 g/mol. The number of aryl methyl sites for hydroxylation is 1. The summed E-state index contributed by atoms with van der Waals surface area (Å²) < 4.78 is 0. The lowest BCUT2D eigenvalue weighted by molar-refractivity contribution is 0.0701. The van der Waals surface area contributed by atoms with Crippen molar-refractivity contribution < 1.29 is 9.90 Å². The van der Waals surface area contributed by atoms with Crippen LogP contribution in [0.25, 0.3) is 10.2 Å². The maximum absolute atomic E-state index is 11.3. The predicted octanol–water partition coefficient (Wildman–Crippen LogP) is 3.08. The molecule has 1 aliphatic rings. The Morgan fingerprint density at radius 3 is 2.95 bits per heavy atom. The van der Waals surface area contributed by atoms with Gasteiger partial charge in [-0.05, 0) is 38.7 Å². The summed E-state index contributed by atoms with van der Waals surface area (Å²) in [6.45, 7) is 5.03. The van der Waals surface area contributed by atoms with Gasteiger partial charge in [-0.25, -0.2) is 14.8 Å². The average Bonchev–Trinajstić information content (AvgIpc) is 2.77. The minimum atomic E-state index is -0.886. The van der Waals surface area contributed by atoms with Crippen LogP contribution in [0.15, 0.2) is 6.33 Å². The maximum Gasteiger partial charge on any atom is 0.346 e. The standard InChI is InChI=1S/C14H17N3O2S/c1-8-5-3-4-6-17(8)12-10-9(2)11(14(18)19)20-13(10)16-7-15-12/h7-8H,3-6H2,1-2H3,(H,18,19)/t8-/m0/s1. The minimum Gasteiger partial charge on any atom is -0.477 e. The number of carbonyl (C=O) groups is 1. The molecule has 0 unspecified atom stereocenters. The number of nitrogens with zero attached hydrogens (tertiary/aromatic N) is 3. The molecule has 1 atom stereocenters. The Hall–Kier alpha value is -1.69. The second-order valence-corrected chi connectivity index (χ2v) is 6.28. The average molecular weight is 291 g/mol. The molecule has 6 heteroatoms. The molecule has 0 spiro atoms. The van der Waals surface area contributed by atoms with Crippen LogP contribution in [0.5, 0.6) is 0 Å². The van der Waals surface area contributed by atoms with E-state index >= 15 is 0 Å². The lowest BCUT2D eigenvalue weighted by Crippen LogP contribution is -2.38. The molecule has 0 radical (unpaired) electrons. The fourth-order valence-corrected chi connectivity index (χ4v) is 3.87. The van der Waals surface area contributed by atoms with Gasteiger partial charge in [0.25, 0.3) is 0 Å². The van der Waals surface area contributed by atoms with Crippen LogP contribution in [-0.4, -0.2) is 33.6 Å². The third-order valence-electron chi connectivity index (χ3n) is 3.98. The van der Waals surface area contributed by atoms with Crippen LogP contribution in [0.4, 0.5) is 5.82 Å². The first-order valence-corrected chi connectivity index (χ1v) is 7.65. The van der Waals surface area contributed by atoms with Gasteiger partial charge in [0.15, 0.2) is 0 Å². The molecule has 0 aromatic carbocycles. The van der Waals surface area contributed by atoms with Crippen LogP contribution in [0.1, 0.15) is 41.4 Å². The maximum atomic E-state index is 11.3. The van der Waals surface area contributed by atoms with Gasteiger partial charge >= 0.3 is 5.97 Å². The second kappa shape index (κ2) is 5.01. The van der Waals surface area contributed by atoms with Crippen molar-refractivity contribution in [3.05, 3.63) is 16.8 Å². The van der Waals surface area contributed by atoms with Crippen molar-refractivity contribution in [1.29, 1.82) is 0 Å². The molecule has 0 amide bonds. The van der Waals surface area contributed by atoms with Crippen LogP contribution < -0.4 is 4.90 Å². The van der Waals surface area contributed by atoms with Crippen molar-refractivity contribution in [1.82, 2.24) is 9.97 Å². The molecule has 0 saturated carbocycles. The quantitative estimate of drug-likeness (QED) is 0.921. The van der Waals surface area contributed by atoms with Crippen molar-refractivity contribution >= 4 is 33.3 Å². The van der Waals surface area contributed by atoms with E-state index in [-0.39, 0.29) is 0 Å². The van der Waals surface area contributed by atoms with E-state index < -0.39 is 5.97 Å². The molecule has 1 fully saturated rings. The van der Waals surface area contributed by atoms with Crippen LogP contribution >= 0.6 is 11.3 Å². The topological polar surface area (TPSA) is 66.3 Å². The van der Waals surface area contributed by atoms with Gasteiger partial charge in [0.1, 0.15) is 21.9 Å². The molecule has 106 valence electrons. The molecule has 3 heterocycles. The Morgan fingerprint density at radius 2 is 2.25 bits per heavy atom. The highest BCUT2D eigenvalue weighted by Gasteiger charge is 2.25. The Labute approximate surface area is 121 Å². The lowest BCUT2D eigenvalue weighted by atomic mass is 10.0. The first-order valence-electron chi connectivity index (χ1n) is 6.83. The molecule has 0 bridgehead atoms. The summed E-state index contributed by atoms with van der Waals surface area (Å²) in [5.74, 6) is 0.00610. The van der Waals surface area contributed by atoms with E-state index in [9.17, 15) is 9.90 Å². The number of hydrogen-bond donors (Lipinski definition) is 1. The van der Waals surface area contributed by atoms with Gasteiger partial charge in [-0.3, -0.25) is 0 Å². The number of aromatic carboxylic acids is 1. The molecule has 1 aliphatic heterocycles. The summed E-state index contributed by atoms with van der Waals surface area (Å²) in [6, 6.07) is 0.439. The van der Waals surface area contributed by atoms with E-state index in [1.54, 1.807) is 6.33 Å². The summed E-state index contributed by atoms with van der Waals surface area (Å²) in [4.78, 5) is 23.4. The number of thiophene rings is 1. The van der Waals surface area contributed by atoms with Crippen molar-refractivity contribution in [2.75, 3.05) is 11.4 Å². The van der Waals surface area contributed by atoms with E-state index in [1.165, 1.54) is 17.8 Å². The van der Waals surface area contributed by atoms with Crippen molar-refractivity contribution in [3.8, 4) is 0 Å². The third kappa shape index (κ3) is 2.04. The molecular weight excluding hydrogens is 274 g/mol. The molecular formula is C14H17N3O2S. The predicted molar refractivity (Wildman–Crippen MR) is 79.8 cm³/mol. The van der Waals surface area contributed by atoms with Gasteiger partial charge in [-0.15, -0.1) is 11.3 Å². The first kappa shape index (κ1) is 13.3. The number of aromatic nitrogens is 2. The molecule has 1 N–H and O–H groups in total. The number of hydrogen-bond acceptors (Lipinski definition) is 5. The highest BCUT2D eigenvalue weighted by atomic mass is 32.1. The molecule has 3 rings (SSSR count). The van der Waals surface area contributed by atoms with Crippen LogP contribution in [0.3, 0.4) is 0 Å². The zero-order chi connectivity index (χ0) is 14.3. The molecule has 2 aromatic rings. The molecule has 20 heavy (non-hydrogen) atoms. The molecule has 2 aromatic heterocycles. The molecule has 0 aliphatic carbocycles. The van der Waals surface area contributed by atoms with Crippen LogP contribution in [0.2, 0.25) is 0 Å². The lowest BCUT2D eigenvalue weighted by Gasteiger charge is -2.34. The fourth-order valence-electron chi connectivity index (χ4n) is 2.89. The van der Waals surface area contributed by atoms with Gasteiger partial charge in [0.2, 0.25) is 0 Å². The number of piperidine rings is 1. The molecule has 1 saturated heterocycles. The Bertz CT molecular complexity index is 668. The van der Waals surface area contributed by atoms with Crippen LogP contribution in [-0.2, 0) is 0 Å². The van der Waals surface area contributed by atoms with E-state index in [2.05, 4.69) is 21.8 Å². The van der Waals surface area contributed by atoms with E-state index in [0.717, 1.165) is 41.0 Å². The van der Waals surface area contributed by atoms with E-state index in [0.29, 0.717) is 10.9 Å². The van der Waals surface area contributed by atoms with E-state index in [1.807, 2.05) is 6.92 Å². The summed E-state index contributed by atoms with van der Waals surface area (Å²) in [5.41, 5.74) is 0.783. The zero-order valence-electron chi connectivity index (χ0n) is 11.6. The first-order chi connectivity index (χ1) is 9.59. The van der Waals surface area contributed by atoms with Gasteiger partial charge < -0.3 is 10.0 Å². The van der Waals surface area contributed by atoms with Gasteiger partial charge in [0.05, 0.1) is 5.39 Å². The minimum absolute atomic E-state index is 0.367. The Morgan fingerprint density at radius 1 is 1.45 bits per heavy atom. The summed E-state index contributed by atoms with van der Waals surface area (Å²) in [7, 11) is 0. The number of carboxylic acids is 1. The largest absolute Gasteiger partial charge is 0.477 e. The summed E-state index contributed by atoms with van der Waals surface area (Å²) in [5, 5.41) is 10.2. The summed E-state index contributed by atoms with van der Waals surface area (Å²) in [6.07, 6.45) is 5.10. The van der Waals surface area contributed by atoms with Gasteiger partial charge in [-0.1, -0.05) is 0 Å². The second-order valence-electron chi connectivity index (χ2n) is 5.28. The van der Waals surface area contributed by atoms with Crippen molar-refractivity contribution in [2.45, 2.75) is 39.2 Å². The molecule has 5 nitrogen and oxygen atoms in total. The number of fused-ring (bicyclic) bond motifs is 1. The number of rotatable bonds is 2. The number of anilines is 1. The van der Waals surface area contributed by atoms with Crippen LogP contribution in [0, 0.1) is 6.92 Å². The zero-order valence-corrected chi connectivity index (χ0v) is 12.4. The SMILES string of the molecule is Cc1c(C(=O)O)sc2ncnc(N3CCCC[C@@H]3C)c12. The Kier molecular flexibility index (Phi) is 3.33. The van der Waals surface area contributed by atoms with Gasteiger partial charge in [-0.2, -0.15) is 0 Å². The van der Waals surface area contributed by atoms with Crippen molar-refractivity contribution in [3.63, 3.8) is 0 Å². The smallest absolute Gasteiger partial charge is 0.346 e. The van der Waals surface area contributed by atoms with E-state index in [4.69, 9.17) is 0 Å². The third-order valence-corrected chi connectivity index (χ3v) is 5.16. The highest BCUT2D eigenvalue weighted by Crippen LogP contribution is 2.36. The van der Waals surface area contributed by atoms with Gasteiger partial charge in [0, 0.05) is 12.6 Å². The fraction of sp³-hybridized carbons (Fsp3) is 0.500. The number of carboxylic acid groups (broad SMARTS) is 1. The Balaban J connectivity index is 2.18. The normalized spacial score (nSPS) is 19.5. The highest BCUT2D eigenvalue weighted by molar-refractivity contribution is 7.20. The van der Waals surface area contributed by atoms with Crippen molar-refractivity contribution in [2.24, 2.45) is 0 Å².